The van der Waals surface area contributed by atoms with Gasteiger partial charge < -0.3 is 17.7 Å². The minimum atomic E-state index is -5.34. The third-order valence-electron chi connectivity index (χ3n) is 1.41. The van der Waals surface area contributed by atoms with Crippen LogP contribution in [0.1, 0.15) is 0 Å². The zero-order valence-electron chi connectivity index (χ0n) is 7.60. The van der Waals surface area contributed by atoms with Crippen molar-refractivity contribution in [2.75, 3.05) is 7.11 Å². The van der Waals surface area contributed by atoms with Crippen molar-refractivity contribution in [3.8, 4) is 5.88 Å². The van der Waals surface area contributed by atoms with Crippen LogP contribution in [0.4, 0.5) is 17.3 Å². The summed E-state index contributed by atoms with van der Waals surface area (Å²) in [5.41, 5.74) is -1.33. The largest absolute Gasteiger partial charge is 1.00 e. The van der Waals surface area contributed by atoms with Crippen LogP contribution < -0.4 is 61.6 Å². The van der Waals surface area contributed by atoms with Gasteiger partial charge in [-0.25, -0.2) is 0 Å². The van der Waals surface area contributed by atoms with Crippen LogP contribution in [0.15, 0.2) is 12.1 Å². The number of aromatic nitrogens is 1. The second-order valence-corrected chi connectivity index (χ2v) is 2.31. The summed E-state index contributed by atoms with van der Waals surface area (Å²) in [6, 6.07) is 1.58. The molecule has 0 N–H and O–H groups in total. The molecule has 2 nitrogen and oxygen atoms in total. The molecular weight excluding hydrogens is 228 g/mol. The number of pyridine rings is 1. The third-order valence-corrected chi connectivity index (χ3v) is 1.41. The summed E-state index contributed by atoms with van der Waals surface area (Å²) in [6.45, 7) is -5.34. The second-order valence-electron chi connectivity index (χ2n) is 2.31. The van der Waals surface area contributed by atoms with Gasteiger partial charge in [0.25, 0.3) is 0 Å². The van der Waals surface area contributed by atoms with Crippen LogP contribution in [-0.2, 0) is 0 Å². The van der Waals surface area contributed by atoms with Crippen molar-refractivity contribution in [3.63, 3.8) is 0 Å². The number of ether oxygens (including phenoxy) is 1. The molecule has 0 saturated heterocycles. The molecule has 0 radical (unpaired) electrons. The molecule has 0 spiro atoms. The Labute approximate surface area is 121 Å². The van der Waals surface area contributed by atoms with Gasteiger partial charge in [0.2, 0.25) is 5.88 Å². The monoisotopic (exact) mass is 233 g/mol. The van der Waals surface area contributed by atoms with E-state index in [-0.39, 0.29) is 57.3 Å². The molecule has 0 unspecified atom stereocenters. The molecule has 0 aliphatic carbocycles. The first-order chi connectivity index (χ1) is 5.95. The van der Waals surface area contributed by atoms with Gasteiger partial charge in [-0.3, -0.25) is 0 Å². The molecule has 0 aliphatic heterocycles. The van der Waals surface area contributed by atoms with Gasteiger partial charge in [-0.15, -0.1) is 0 Å². The Bertz CT molecular complexity index is 319. The molecule has 0 fully saturated rings. The van der Waals surface area contributed by atoms with E-state index in [1.54, 1.807) is 0 Å². The minimum absolute atomic E-state index is 0. The molecule has 1 rings (SSSR count). The standard InChI is InChI=1S/C6H5BF4NO.K/c1-13-5-3-2-4(6(8)12-5)7(9,10)11;/h2-3H,1H3;/q-1;+1. The summed E-state index contributed by atoms with van der Waals surface area (Å²) >= 11 is 0. The molecule has 72 valence electrons. The summed E-state index contributed by atoms with van der Waals surface area (Å²) in [5, 5.41) is 0. The summed E-state index contributed by atoms with van der Waals surface area (Å²) < 4.78 is 53.2. The molecule has 0 saturated carbocycles. The van der Waals surface area contributed by atoms with E-state index in [4.69, 9.17) is 0 Å². The van der Waals surface area contributed by atoms with E-state index in [0.717, 1.165) is 6.07 Å². The van der Waals surface area contributed by atoms with Crippen molar-refractivity contribution >= 4 is 12.4 Å². The van der Waals surface area contributed by atoms with Crippen molar-refractivity contribution in [2.45, 2.75) is 0 Å². The van der Waals surface area contributed by atoms with Crippen molar-refractivity contribution in [3.05, 3.63) is 18.1 Å². The van der Waals surface area contributed by atoms with Crippen LogP contribution in [0.5, 0.6) is 5.88 Å². The van der Waals surface area contributed by atoms with E-state index in [9.17, 15) is 17.3 Å². The van der Waals surface area contributed by atoms with Crippen LogP contribution in [0.3, 0.4) is 0 Å². The van der Waals surface area contributed by atoms with Crippen molar-refractivity contribution < 1.29 is 73.5 Å². The number of rotatable bonds is 2. The number of nitrogens with zero attached hydrogens (tertiary/aromatic N) is 1. The van der Waals surface area contributed by atoms with E-state index in [1.807, 2.05) is 0 Å². The maximum Gasteiger partial charge on any atom is 1.00 e. The first-order valence-electron chi connectivity index (χ1n) is 3.35. The summed E-state index contributed by atoms with van der Waals surface area (Å²) in [6.07, 6.45) is 0. The predicted octanol–water partition coefficient (Wildman–Crippen LogP) is -1.71. The molecule has 14 heavy (non-hydrogen) atoms. The average molecular weight is 233 g/mol. The SMILES string of the molecule is COc1ccc([B-](F)(F)F)c(F)n1.[K+]. The van der Waals surface area contributed by atoms with Gasteiger partial charge >= 0.3 is 58.4 Å². The minimum Gasteiger partial charge on any atom is -0.481 e. The van der Waals surface area contributed by atoms with Gasteiger partial charge in [0.05, 0.1) is 7.11 Å². The number of hydrogen-bond acceptors (Lipinski definition) is 2. The van der Waals surface area contributed by atoms with E-state index >= 15 is 0 Å². The first kappa shape index (κ1) is 14.4. The fraction of sp³-hybridized carbons (Fsp3) is 0.167. The summed E-state index contributed by atoms with van der Waals surface area (Å²) in [7, 11) is 1.19. The van der Waals surface area contributed by atoms with E-state index in [2.05, 4.69) is 9.72 Å². The molecule has 0 amide bonds. The van der Waals surface area contributed by atoms with Gasteiger partial charge in [-0.2, -0.15) is 9.37 Å². The van der Waals surface area contributed by atoms with Gasteiger partial charge in [0, 0.05) is 0 Å². The second kappa shape index (κ2) is 5.45. The van der Waals surface area contributed by atoms with Gasteiger partial charge in [0.1, 0.15) is 0 Å². The Kier molecular flexibility index (Phi) is 5.60. The first-order valence-corrected chi connectivity index (χ1v) is 3.35. The Morgan fingerprint density at radius 3 is 2.21 bits per heavy atom. The third kappa shape index (κ3) is 3.50. The Morgan fingerprint density at radius 1 is 1.29 bits per heavy atom. The number of methoxy groups -OCH3 is 1. The summed E-state index contributed by atoms with van der Waals surface area (Å²) in [4.78, 5) is 2.96. The van der Waals surface area contributed by atoms with Gasteiger partial charge in [-0.1, -0.05) is 11.5 Å². The summed E-state index contributed by atoms with van der Waals surface area (Å²) in [5.74, 6) is -1.73. The van der Waals surface area contributed by atoms with Crippen LogP contribution in [-0.4, -0.2) is 19.1 Å². The van der Waals surface area contributed by atoms with Gasteiger partial charge in [-0.05, 0) is 6.07 Å². The van der Waals surface area contributed by atoms with E-state index < -0.39 is 18.4 Å². The molecule has 1 heterocycles. The molecular formula is C6H5BF4KNO. The Hall–Kier alpha value is 0.371. The van der Waals surface area contributed by atoms with E-state index in [1.165, 1.54) is 7.11 Å². The normalized spacial score (nSPS) is 10.6. The molecule has 0 bridgehead atoms. The van der Waals surface area contributed by atoms with Crippen LogP contribution in [0.25, 0.3) is 0 Å². The maximum atomic E-state index is 12.6. The molecule has 1 aromatic rings. The van der Waals surface area contributed by atoms with Crippen molar-refractivity contribution in [2.24, 2.45) is 0 Å². The number of hydrogen-bond donors (Lipinski definition) is 0. The zero-order chi connectivity index (χ0) is 10.1. The topological polar surface area (TPSA) is 22.1 Å². The fourth-order valence-corrected chi connectivity index (χ4v) is 0.786. The van der Waals surface area contributed by atoms with Crippen LogP contribution in [0.2, 0.25) is 0 Å². The maximum absolute atomic E-state index is 12.6. The molecule has 0 aliphatic rings. The molecule has 8 heteroatoms. The Morgan fingerprint density at radius 2 is 1.86 bits per heavy atom. The van der Waals surface area contributed by atoms with Crippen molar-refractivity contribution in [1.82, 2.24) is 4.98 Å². The van der Waals surface area contributed by atoms with Crippen LogP contribution >= 0.6 is 0 Å². The molecule has 0 atom stereocenters. The quantitative estimate of drug-likeness (QED) is 0.344. The van der Waals surface area contributed by atoms with Gasteiger partial charge in [0.15, 0.2) is 5.95 Å². The molecule has 1 aromatic heterocycles. The zero-order valence-corrected chi connectivity index (χ0v) is 10.7. The predicted molar refractivity (Wildman–Crippen MR) is 39.5 cm³/mol. The van der Waals surface area contributed by atoms with Crippen LogP contribution in [0, 0.1) is 5.95 Å². The van der Waals surface area contributed by atoms with E-state index in [0.29, 0.717) is 6.07 Å². The van der Waals surface area contributed by atoms with Crippen molar-refractivity contribution in [1.29, 1.82) is 0 Å². The Balaban J connectivity index is 0.00000169. The number of halogens is 4. The molecule has 0 aromatic carbocycles. The average Bonchev–Trinajstić information content (AvgIpc) is 2.01. The fourth-order valence-electron chi connectivity index (χ4n) is 0.786. The smallest absolute Gasteiger partial charge is 0.481 e.